The van der Waals surface area contributed by atoms with E-state index in [4.69, 9.17) is 9.47 Å². The van der Waals surface area contributed by atoms with Crippen molar-refractivity contribution in [3.05, 3.63) is 95.1 Å². The number of rotatable bonds is 7. The molecule has 0 aromatic heterocycles. The summed E-state index contributed by atoms with van der Waals surface area (Å²) in [6.07, 6.45) is 3.67. The van der Waals surface area contributed by atoms with E-state index in [1.54, 1.807) is 0 Å². The van der Waals surface area contributed by atoms with Gasteiger partial charge in [0.2, 0.25) is 0 Å². The zero-order chi connectivity index (χ0) is 24.0. The van der Waals surface area contributed by atoms with E-state index >= 15 is 0 Å². The van der Waals surface area contributed by atoms with Crippen LogP contribution in [0.4, 0.5) is 0 Å². The molecule has 3 aromatic rings. The van der Waals surface area contributed by atoms with Crippen molar-refractivity contribution in [2.24, 2.45) is 5.92 Å². The first-order valence-corrected chi connectivity index (χ1v) is 12.7. The van der Waals surface area contributed by atoms with E-state index in [9.17, 15) is 4.79 Å². The van der Waals surface area contributed by atoms with Crippen molar-refractivity contribution in [2.45, 2.75) is 38.8 Å². The Morgan fingerprint density at radius 3 is 2.37 bits per heavy atom. The maximum absolute atomic E-state index is 12.8. The highest BCUT2D eigenvalue weighted by molar-refractivity contribution is 5.94. The van der Waals surface area contributed by atoms with Gasteiger partial charge in [0.05, 0.1) is 6.04 Å². The number of nitrogens with zero attached hydrogens (tertiary/aromatic N) is 1. The summed E-state index contributed by atoms with van der Waals surface area (Å²) in [7, 11) is 0. The van der Waals surface area contributed by atoms with Gasteiger partial charge in [-0.2, -0.15) is 0 Å². The van der Waals surface area contributed by atoms with Gasteiger partial charge in [0, 0.05) is 12.1 Å². The lowest BCUT2D eigenvalue weighted by Gasteiger charge is -2.32. The fourth-order valence-corrected chi connectivity index (χ4v) is 5.01. The predicted molar refractivity (Wildman–Crippen MR) is 138 cm³/mol. The summed E-state index contributed by atoms with van der Waals surface area (Å²) in [5.41, 5.74) is 4.38. The number of hydrogen-bond donors (Lipinski definition) is 1. The smallest absolute Gasteiger partial charge is 0.251 e. The van der Waals surface area contributed by atoms with Gasteiger partial charge in [-0.25, -0.2) is 0 Å². The highest BCUT2D eigenvalue weighted by atomic mass is 16.6. The first kappa shape index (κ1) is 23.4. The molecule has 0 saturated carbocycles. The lowest BCUT2D eigenvalue weighted by Crippen LogP contribution is -2.33. The summed E-state index contributed by atoms with van der Waals surface area (Å²) in [5.74, 6) is 2.20. The maximum atomic E-state index is 12.8. The van der Waals surface area contributed by atoms with E-state index in [-0.39, 0.29) is 11.9 Å². The summed E-state index contributed by atoms with van der Waals surface area (Å²) in [6, 6.07) is 24.6. The van der Waals surface area contributed by atoms with Gasteiger partial charge in [-0.05, 0) is 86.1 Å². The van der Waals surface area contributed by atoms with E-state index in [1.807, 2.05) is 37.3 Å². The van der Waals surface area contributed by atoms with Crippen molar-refractivity contribution in [1.29, 1.82) is 0 Å². The van der Waals surface area contributed by atoms with Gasteiger partial charge in [-0.15, -0.1) is 0 Å². The van der Waals surface area contributed by atoms with Gasteiger partial charge in [0.15, 0.2) is 11.5 Å². The van der Waals surface area contributed by atoms with Crippen LogP contribution in [-0.2, 0) is 13.0 Å². The minimum absolute atomic E-state index is 0.0688. The zero-order valence-corrected chi connectivity index (χ0v) is 20.4. The molecule has 2 aliphatic heterocycles. The molecule has 0 radical (unpaired) electrons. The zero-order valence-electron chi connectivity index (χ0n) is 20.4. The van der Waals surface area contributed by atoms with Gasteiger partial charge in [-0.3, -0.25) is 9.69 Å². The Morgan fingerprint density at radius 1 is 0.914 bits per heavy atom. The number of benzene rings is 3. The Bertz CT molecular complexity index is 1120. The summed E-state index contributed by atoms with van der Waals surface area (Å²) in [5, 5.41) is 3.10. The number of hydrogen-bond acceptors (Lipinski definition) is 4. The van der Waals surface area contributed by atoms with Crippen LogP contribution in [0.15, 0.2) is 72.8 Å². The quantitative estimate of drug-likeness (QED) is 0.502. The number of carbonyl (C=O) groups excluding carboxylic acids is 1. The van der Waals surface area contributed by atoms with E-state index in [1.165, 1.54) is 30.4 Å². The van der Waals surface area contributed by atoms with E-state index < -0.39 is 0 Å². The second-order valence-electron chi connectivity index (χ2n) is 9.70. The Balaban J connectivity index is 1.10. The summed E-state index contributed by atoms with van der Waals surface area (Å²) < 4.78 is 11.3. The molecule has 5 nitrogen and oxygen atoms in total. The fourth-order valence-electron chi connectivity index (χ4n) is 5.01. The molecule has 1 saturated heterocycles. The molecule has 1 atom stereocenters. The van der Waals surface area contributed by atoms with Crippen LogP contribution in [0, 0.1) is 5.92 Å². The van der Waals surface area contributed by atoms with Crippen molar-refractivity contribution in [2.75, 3.05) is 26.3 Å². The van der Waals surface area contributed by atoms with E-state index in [0.29, 0.717) is 18.8 Å². The van der Waals surface area contributed by atoms with Gasteiger partial charge in [0.1, 0.15) is 13.2 Å². The third kappa shape index (κ3) is 6.04. The normalized spacial score (nSPS) is 17.1. The Morgan fingerprint density at radius 2 is 1.63 bits per heavy atom. The van der Waals surface area contributed by atoms with Crippen LogP contribution in [0.25, 0.3) is 0 Å². The fraction of sp³-hybridized carbons (Fsp3) is 0.367. The van der Waals surface area contributed by atoms with Crippen molar-refractivity contribution in [1.82, 2.24) is 10.2 Å². The van der Waals surface area contributed by atoms with Gasteiger partial charge in [-0.1, -0.05) is 48.5 Å². The molecule has 5 heteroatoms. The van der Waals surface area contributed by atoms with Gasteiger partial charge < -0.3 is 14.8 Å². The first-order valence-electron chi connectivity index (χ1n) is 12.7. The molecule has 5 rings (SSSR count). The highest BCUT2D eigenvalue weighted by Crippen LogP contribution is 2.32. The molecular weight excluding hydrogens is 436 g/mol. The summed E-state index contributed by atoms with van der Waals surface area (Å²) in [4.78, 5) is 15.4. The van der Waals surface area contributed by atoms with E-state index in [0.717, 1.165) is 42.6 Å². The maximum Gasteiger partial charge on any atom is 0.251 e. The highest BCUT2D eigenvalue weighted by Gasteiger charge is 2.20. The molecule has 0 unspecified atom stereocenters. The van der Waals surface area contributed by atoms with Crippen molar-refractivity contribution in [3.63, 3.8) is 0 Å². The molecule has 0 aliphatic carbocycles. The number of likely N-dealkylation sites (tertiary alicyclic amines) is 1. The van der Waals surface area contributed by atoms with Crippen LogP contribution >= 0.6 is 0 Å². The van der Waals surface area contributed by atoms with Crippen LogP contribution in [-0.4, -0.2) is 37.1 Å². The molecule has 182 valence electrons. The average Bonchev–Trinajstić information content (AvgIpc) is 2.90. The lowest BCUT2D eigenvalue weighted by atomic mass is 9.90. The number of amides is 1. The predicted octanol–water partition coefficient (Wildman–Crippen LogP) is 5.40. The van der Waals surface area contributed by atoms with E-state index in [2.05, 4.69) is 52.7 Å². The molecular formula is C30H34N2O3. The minimum atomic E-state index is -0.129. The molecule has 1 amide bonds. The minimum Gasteiger partial charge on any atom is -0.486 e. The number of carbonyl (C=O) groups is 1. The van der Waals surface area contributed by atoms with Crippen molar-refractivity contribution >= 4 is 5.91 Å². The standard InChI is InChI=1S/C30H34N2O3/c1-22(27-11-12-28-29(20-27)35-18-17-34-28)31-30(33)26-9-7-25(8-10-26)21-32-15-13-24(14-16-32)19-23-5-3-2-4-6-23/h2-12,20,22,24H,13-19,21H2,1H3,(H,31,33)/t22-/m0/s1. The Kier molecular flexibility index (Phi) is 7.34. The number of nitrogens with one attached hydrogen (secondary N) is 1. The van der Waals surface area contributed by atoms with Crippen LogP contribution in [0.3, 0.4) is 0 Å². The molecule has 1 fully saturated rings. The van der Waals surface area contributed by atoms with Gasteiger partial charge in [0.25, 0.3) is 5.91 Å². The largest absolute Gasteiger partial charge is 0.486 e. The second kappa shape index (κ2) is 11.0. The molecule has 35 heavy (non-hydrogen) atoms. The Hall–Kier alpha value is -3.31. The second-order valence-corrected chi connectivity index (χ2v) is 9.70. The molecule has 2 aliphatic rings. The Labute approximate surface area is 208 Å². The molecule has 2 heterocycles. The monoisotopic (exact) mass is 470 g/mol. The molecule has 0 bridgehead atoms. The van der Waals surface area contributed by atoms with Crippen LogP contribution in [0.2, 0.25) is 0 Å². The lowest BCUT2D eigenvalue weighted by molar-refractivity contribution is 0.0939. The topological polar surface area (TPSA) is 50.8 Å². The number of fused-ring (bicyclic) bond motifs is 1. The summed E-state index contributed by atoms with van der Waals surface area (Å²) in [6.45, 7) is 6.31. The van der Waals surface area contributed by atoms with Crippen molar-refractivity contribution < 1.29 is 14.3 Å². The van der Waals surface area contributed by atoms with Crippen molar-refractivity contribution in [3.8, 4) is 11.5 Å². The molecule has 1 N–H and O–H groups in total. The third-order valence-electron chi connectivity index (χ3n) is 7.11. The third-order valence-corrected chi connectivity index (χ3v) is 7.11. The molecule has 0 spiro atoms. The van der Waals surface area contributed by atoms with Crippen LogP contribution < -0.4 is 14.8 Å². The average molecular weight is 471 g/mol. The van der Waals surface area contributed by atoms with Crippen LogP contribution in [0.1, 0.15) is 52.9 Å². The summed E-state index contributed by atoms with van der Waals surface area (Å²) >= 11 is 0. The van der Waals surface area contributed by atoms with Crippen LogP contribution in [0.5, 0.6) is 11.5 Å². The first-order chi connectivity index (χ1) is 17.1. The van der Waals surface area contributed by atoms with Gasteiger partial charge >= 0.3 is 0 Å². The SMILES string of the molecule is C[C@H](NC(=O)c1ccc(CN2CCC(Cc3ccccc3)CC2)cc1)c1ccc2c(c1)OCCO2. The molecule has 3 aromatic carbocycles. The number of piperidine rings is 1. The number of ether oxygens (including phenoxy) is 2.